The molecule has 0 saturated heterocycles. The summed E-state index contributed by atoms with van der Waals surface area (Å²) in [4.78, 5) is 12.8. The van der Waals surface area contributed by atoms with Gasteiger partial charge in [0.05, 0.1) is 25.5 Å². The first-order chi connectivity index (χ1) is 11.9. The summed E-state index contributed by atoms with van der Waals surface area (Å²) in [6.45, 7) is 3.67. The fraction of sp³-hybridized carbons (Fsp3) is 0.250. The molecule has 2 aromatic rings. The molecular formula is C20H21NO4. The number of methoxy groups -OCH3 is 2. The number of aryl methyl sites for hydroxylation is 2. The fourth-order valence-electron chi connectivity index (χ4n) is 3.32. The number of ether oxygens (including phenoxy) is 2. The first-order valence-corrected chi connectivity index (χ1v) is 7.96. The maximum Gasteiger partial charge on any atom is 0.191 e. The molecule has 130 valence electrons. The molecule has 0 aliphatic heterocycles. The maximum atomic E-state index is 12.8. The topological polar surface area (TPSA) is 81.8 Å². The number of ketones is 1. The Bertz CT molecular complexity index is 889. The van der Waals surface area contributed by atoms with Gasteiger partial charge in [0.25, 0.3) is 0 Å². The SMILES string of the molecule is COc1cc2c(c(N)c1OC)C(=O)/C(=C/c1cc(C)c(O)c(C)c1)C2. The summed E-state index contributed by atoms with van der Waals surface area (Å²) in [5.74, 6) is 1.08. The van der Waals surface area contributed by atoms with E-state index in [0.29, 0.717) is 34.7 Å². The van der Waals surface area contributed by atoms with E-state index in [2.05, 4.69) is 0 Å². The third-order valence-electron chi connectivity index (χ3n) is 4.54. The van der Waals surface area contributed by atoms with Gasteiger partial charge in [0.1, 0.15) is 5.75 Å². The van der Waals surface area contributed by atoms with Crippen LogP contribution in [0.25, 0.3) is 6.08 Å². The molecule has 0 atom stereocenters. The number of Topliss-reactive ketones (excluding diaryl/α,β-unsaturated/α-hetero) is 1. The average Bonchev–Trinajstić information content (AvgIpc) is 2.88. The normalized spacial score (nSPS) is 14.7. The van der Waals surface area contributed by atoms with Crippen molar-refractivity contribution in [1.82, 2.24) is 0 Å². The number of phenols is 1. The Kier molecular flexibility index (Phi) is 4.17. The number of nitrogen functional groups attached to an aromatic ring is 1. The van der Waals surface area contributed by atoms with Crippen LogP contribution in [0.4, 0.5) is 5.69 Å². The Balaban J connectivity index is 2.08. The average molecular weight is 339 g/mol. The molecule has 0 heterocycles. The number of fused-ring (bicyclic) bond motifs is 1. The Hall–Kier alpha value is -2.95. The number of rotatable bonds is 3. The Morgan fingerprint density at radius 1 is 1.12 bits per heavy atom. The number of carbonyl (C=O) groups excluding carboxylic acids is 1. The van der Waals surface area contributed by atoms with Crippen LogP contribution in [0.15, 0.2) is 23.8 Å². The van der Waals surface area contributed by atoms with E-state index < -0.39 is 0 Å². The first-order valence-electron chi connectivity index (χ1n) is 7.96. The zero-order chi connectivity index (χ0) is 18.3. The number of hydrogen-bond donors (Lipinski definition) is 2. The molecule has 0 fully saturated rings. The van der Waals surface area contributed by atoms with Crippen molar-refractivity contribution in [3.05, 3.63) is 51.6 Å². The lowest BCUT2D eigenvalue weighted by atomic mass is 10.0. The zero-order valence-electron chi connectivity index (χ0n) is 14.8. The second kappa shape index (κ2) is 6.16. The van der Waals surface area contributed by atoms with Crippen molar-refractivity contribution in [2.45, 2.75) is 20.3 Å². The van der Waals surface area contributed by atoms with E-state index in [4.69, 9.17) is 15.2 Å². The van der Waals surface area contributed by atoms with Crippen LogP contribution >= 0.6 is 0 Å². The van der Waals surface area contributed by atoms with E-state index in [1.165, 1.54) is 7.11 Å². The van der Waals surface area contributed by atoms with Gasteiger partial charge in [0.15, 0.2) is 17.3 Å². The molecule has 2 aromatic carbocycles. The zero-order valence-corrected chi connectivity index (χ0v) is 14.8. The predicted octanol–water partition coefficient (Wildman–Crippen LogP) is 3.43. The molecule has 25 heavy (non-hydrogen) atoms. The largest absolute Gasteiger partial charge is 0.507 e. The van der Waals surface area contributed by atoms with E-state index >= 15 is 0 Å². The first kappa shape index (κ1) is 16.9. The lowest BCUT2D eigenvalue weighted by Gasteiger charge is -2.13. The summed E-state index contributed by atoms with van der Waals surface area (Å²) in [5.41, 5.74) is 10.9. The van der Waals surface area contributed by atoms with Crippen molar-refractivity contribution >= 4 is 17.5 Å². The van der Waals surface area contributed by atoms with Gasteiger partial charge in [-0.05, 0) is 60.4 Å². The summed E-state index contributed by atoms with van der Waals surface area (Å²) >= 11 is 0. The standard InChI is InChI=1S/C20H21NO4/c1-10-5-12(6-11(2)18(10)22)7-14-8-13-9-15(24-3)20(25-4)17(21)16(13)19(14)23/h5-7,9,22H,8,21H2,1-4H3/b14-7+. The van der Waals surface area contributed by atoms with Crippen molar-refractivity contribution in [2.75, 3.05) is 20.0 Å². The van der Waals surface area contributed by atoms with Crippen molar-refractivity contribution in [1.29, 1.82) is 0 Å². The molecule has 3 N–H and O–H groups in total. The van der Waals surface area contributed by atoms with E-state index in [0.717, 1.165) is 22.3 Å². The van der Waals surface area contributed by atoms with Gasteiger partial charge in [0.2, 0.25) is 0 Å². The molecule has 0 spiro atoms. The van der Waals surface area contributed by atoms with Crippen molar-refractivity contribution in [2.24, 2.45) is 0 Å². The number of carbonyl (C=O) groups is 1. The van der Waals surface area contributed by atoms with Crippen LogP contribution in [0.3, 0.4) is 0 Å². The third kappa shape index (κ3) is 2.71. The molecule has 0 aromatic heterocycles. The van der Waals surface area contributed by atoms with Crippen molar-refractivity contribution in [3.63, 3.8) is 0 Å². The molecule has 0 amide bonds. The summed E-state index contributed by atoms with van der Waals surface area (Å²) < 4.78 is 10.6. The lowest BCUT2D eigenvalue weighted by molar-refractivity contribution is 0.104. The smallest absolute Gasteiger partial charge is 0.191 e. The minimum atomic E-state index is -0.100. The molecule has 3 rings (SSSR count). The van der Waals surface area contributed by atoms with Crippen LogP contribution < -0.4 is 15.2 Å². The number of hydrogen-bond acceptors (Lipinski definition) is 5. The highest BCUT2D eigenvalue weighted by atomic mass is 16.5. The van der Waals surface area contributed by atoms with Crippen LogP contribution in [0.1, 0.15) is 32.6 Å². The quantitative estimate of drug-likeness (QED) is 0.661. The third-order valence-corrected chi connectivity index (χ3v) is 4.54. The molecule has 1 aliphatic rings. The molecule has 0 bridgehead atoms. The van der Waals surface area contributed by atoms with Crippen molar-refractivity contribution in [3.8, 4) is 17.2 Å². The highest BCUT2D eigenvalue weighted by molar-refractivity contribution is 6.19. The van der Waals surface area contributed by atoms with E-state index in [1.54, 1.807) is 13.2 Å². The number of aromatic hydroxyl groups is 1. The second-order valence-corrected chi connectivity index (χ2v) is 6.24. The fourth-order valence-corrected chi connectivity index (χ4v) is 3.32. The highest BCUT2D eigenvalue weighted by Crippen LogP contribution is 2.43. The molecular weight excluding hydrogens is 318 g/mol. The van der Waals surface area contributed by atoms with E-state index in [1.807, 2.05) is 32.1 Å². The molecule has 5 nitrogen and oxygen atoms in total. The molecule has 1 aliphatic carbocycles. The molecule has 0 radical (unpaired) electrons. The van der Waals surface area contributed by atoms with Gasteiger partial charge in [-0.15, -0.1) is 0 Å². The minimum Gasteiger partial charge on any atom is -0.507 e. The van der Waals surface area contributed by atoms with E-state index in [9.17, 15) is 9.90 Å². The van der Waals surface area contributed by atoms with Gasteiger partial charge in [-0.1, -0.05) is 0 Å². The number of anilines is 1. The summed E-state index contributed by atoms with van der Waals surface area (Å²) in [6.07, 6.45) is 2.33. The van der Waals surface area contributed by atoms with Gasteiger partial charge in [-0.25, -0.2) is 0 Å². The van der Waals surface area contributed by atoms with Crippen LogP contribution in [0.2, 0.25) is 0 Å². The van der Waals surface area contributed by atoms with Gasteiger partial charge in [-0.3, -0.25) is 4.79 Å². The van der Waals surface area contributed by atoms with Crippen LogP contribution in [-0.4, -0.2) is 25.1 Å². The van der Waals surface area contributed by atoms with Gasteiger partial charge >= 0.3 is 0 Å². The number of nitrogens with two attached hydrogens (primary N) is 1. The van der Waals surface area contributed by atoms with Crippen LogP contribution in [0.5, 0.6) is 17.2 Å². The Morgan fingerprint density at radius 3 is 2.32 bits per heavy atom. The number of benzene rings is 2. The van der Waals surface area contributed by atoms with Gasteiger partial charge in [-0.2, -0.15) is 0 Å². The summed E-state index contributed by atoms with van der Waals surface area (Å²) in [5, 5.41) is 9.91. The maximum absolute atomic E-state index is 12.8. The molecule has 0 saturated carbocycles. The monoisotopic (exact) mass is 339 g/mol. The lowest BCUT2D eigenvalue weighted by Crippen LogP contribution is -2.04. The highest BCUT2D eigenvalue weighted by Gasteiger charge is 2.31. The second-order valence-electron chi connectivity index (χ2n) is 6.24. The Morgan fingerprint density at radius 2 is 1.76 bits per heavy atom. The van der Waals surface area contributed by atoms with Crippen LogP contribution in [-0.2, 0) is 6.42 Å². The molecule has 0 unspecified atom stereocenters. The van der Waals surface area contributed by atoms with E-state index in [-0.39, 0.29) is 11.5 Å². The van der Waals surface area contributed by atoms with Gasteiger partial charge in [0, 0.05) is 12.0 Å². The van der Waals surface area contributed by atoms with Gasteiger partial charge < -0.3 is 20.3 Å². The molecule has 5 heteroatoms. The predicted molar refractivity (Wildman–Crippen MR) is 97.6 cm³/mol. The minimum absolute atomic E-state index is 0.100. The number of allylic oxidation sites excluding steroid dienone is 1. The summed E-state index contributed by atoms with van der Waals surface area (Å²) in [6, 6.07) is 5.52. The Labute approximate surface area is 146 Å². The summed E-state index contributed by atoms with van der Waals surface area (Å²) in [7, 11) is 3.04. The van der Waals surface area contributed by atoms with Crippen LogP contribution in [0, 0.1) is 13.8 Å². The van der Waals surface area contributed by atoms with Crippen molar-refractivity contribution < 1.29 is 19.4 Å². The number of phenolic OH excluding ortho intramolecular Hbond substituents is 1.